The molecule has 4 atom stereocenters. The first kappa shape index (κ1) is 20.4. The second kappa shape index (κ2) is 7.25. The molecule has 0 aromatic heterocycles. The molecule has 2 aromatic carbocycles. The van der Waals surface area contributed by atoms with E-state index >= 15 is 0 Å². The van der Waals surface area contributed by atoms with Crippen molar-refractivity contribution in [3.05, 3.63) is 47.2 Å². The number of rotatable bonds is 5. The highest BCUT2D eigenvalue weighted by atomic mass is 32.2. The molecule has 1 fully saturated rings. The van der Waals surface area contributed by atoms with Crippen LogP contribution in [0.15, 0.2) is 46.5 Å². The van der Waals surface area contributed by atoms with Crippen molar-refractivity contribution in [1.29, 1.82) is 0 Å². The minimum atomic E-state index is -0.777. The van der Waals surface area contributed by atoms with E-state index in [1.54, 1.807) is 18.9 Å². The Labute approximate surface area is 184 Å². The third-order valence-electron chi connectivity index (χ3n) is 6.65. The lowest BCUT2D eigenvalue weighted by Gasteiger charge is -2.46. The van der Waals surface area contributed by atoms with Gasteiger partial charge in [0, 0.05) is 16.2 Å². The number of carbonyl (C=O) groups excluding carboxylic acids is 2. The van der Waals surface area contributed by atoms with Crippen LogP contribution < -0.4 is 4.31 Å². The maximum absolute atomic E-state index is 12.7. The van der Waals surface area contributed by atoms with Crippen LogP contribution in [0.1, 0.15) is 19.4 Å². The predicted octanol–water partition coefficient (Wildman–Crippen LogP) is 2.44. The first-order valence-electron chi connectivity index (χ1n) is 10.3. The summed E-state index contributed by atoms with van der Waals surface area (Å²) in [6, 6.07) is 9.80. The fourth-order valence-electron chi connectivity index (χ4n) is 5.17. The number of β-lactam (4-membered cyclic amide) rings is 1. The van der Waals surface area contributed by atoms with Gasteiger partial charge in [0.15, 0.2) is 0 Å². The number of hydrogen-bond acceptors (Lipinski definition) is 7. The monoisotopic (exact) mass is 440 g/mol. The van der Waals surface area contributed by atoms with E-state index in [1.165, 1.54) is 12.0 Å². The number of aliphatic hydroxyl groups is 2. The highest BCUT2D eigenvalue weighted by molar-refractivity contribution is 8.01. The first-order valence-corrected chi connectivity index (χ1v) is 11.1. The average Bonchev–Trinajstić information content (AvgIpc) is 3.22. The fourth-order valence-corrected chi connectivity index (χ4v) is 6.31. The first-order chi connectivity index (χ1) is 14.9. The summed E-state index contributed by atoms with van der Waals surface area (Å²) in [5, 5.41) is 22.0. The Kier molecular flexibility index (Phi) is 4.76. The lowest BCUT2D eigenvalue weighted by molar-refractivity contribution is -0.163. The lowest BCUT2D eigenvalue weighted by atomic mass is 9.78. The van der Waals surface area contributed by atoms with E-state index in [9.17, 15) is 19.8 Å². The van der Waals surface area contributed by atoms with E-state index in [0.717, 1.165) is 32.5 Å². The summed E-state index contributed by atoms with van der Waals surface area (Å²) in [4.78, 5) is 28.0. The highest BCUT2D eigenvalue weighted by Gasteiger charge is 2.60. The molecular formula is C23H24N2O5S. The van der Waals surface area contributed by atoms with E-state index in [-0.39, 0.29) is 24.5 Å². The van der Waals surface area contributed by atoms with Gasteiger partial charge in [0.25, 0.3) is 0 Å². The summed E-state index contributed by atoms with van der Waals surface area (Å²) in [5.74, 6) is -1.37. The molecule has 3 aliphatic heterocycles. The Bertz CT molecular complexity index is 1140. The van der Waals surface area contributed by atoms with E-state index in [2.05, 4.69) is 10.4 Å². The van der Waals surface area contributed by atoms with Gasteiger partial charge in [0.1, 0.15) is 5.70 Å². The number of nitrogens with zero attached hydrogens (tertiary/aromatic N) is 2. The van der Waals surface area contributed by atoms with Crippen LogP contribution in [0.2, 0.25) is 0 Å². The van der Waals surface area contributed by atoms with Crippen molar-refractivity contribution in [3.8, 4) is 0 Å². The third-order valence-corrected chi connectivity index (χ3v) is 7.73. The zero-order valence-electron chi connectivity index (χ0n) is 17.5. The standard InChI is InChI=1S/C23H24N2O5S/c1-11-15(21(23(29)30-3)25-20(11)18(12(2)27)22(25)28)9-24-16-8-13(10-26)7-14-5-4-6-17(31-24)19(14)16/h4-8,11-12,18,20,26-27H,9-10H2,1-3H3/t11-,12?,18+,20?/m0/s1. The summed E-state index contributed by atoms with van der Waals surface area (Å²) in [6.45, 7) is 3.99. The van der Waals surface area contributed by atoms with Crippen LogP contribution in [0, 0.1) is 11.8 Å². The summed E-state index contributed by atoms with van der Waals surface area (Å²) >= 11 is 1.59. The van der Waals surface area contributed by atoms with E-state index < -0.39 is 18.0 Å². The molecule has 0 saturated carbocycles. The zero-order chi connectivity index (χ0) is 22.0. The van der Waals surface area contributed by atoms with Crippen LogP contribution >= 0.6 is 11.9 Å². The van der Waals surface area contributed by atoms with Gasteiger partial charge in [-0.15, -0.1) is 0 Å². The van der Waals surface area contributed by atoms with Crippen LogP contribution in [-0.4, -0.2) is 52.8 Å². The van der Waals surface area contributed by atoms with Crippen molar-refractivity contribution in [1.82, 2.24) is 4.90 Å². The van der Waals surface area contributed by atoms with Gasteiger partial charge in [-0.2, -0.15) is 0 Å². The van der Waals surface area contributed by atoms with Gasteiger partial charge < -0.3 is 24.2 Å². The fraction of sp³-hybridized carbons (Fsp3) is 0.391. The molecule has 8 heteroatoms. The predicted molar refractivity (Wildman–Crippen MR) is 117 cm³/mol. The minimum absolute atomic E-state index is 0.0569. The van der Waals surface area contributed by atoms with Crippen LogP contribution in [0.4, 0.5) is 5.69 Å². The molecule has 0 radical (unpaired) electrons. The van der Waals surface area contributed by atoms with Gasteiger partial charge in [-0.25, -0.2) is 4.79 Å². The Morgan fingerprint density at radius 3 is 2.77 bits per heavy atom. The third kappa shape index (κ3) is 2.82. The molecule has 0 bridgehead atoms. The maximum Gasteiger partial charge on any atom is 0.354 e. The van der Waals surface area contributed by atoms with Crippen molar-refractivity contribution in [2.24, 2.45) is 11.8 Å². The molecule has 3 aliphatic rings. The van der Waals surface area contributed by atoms with Crippen LogP contribution in [-0.2, 0) is 20.9 Å². The highest BCUT2D eigenvalue weighted by Crippen LogP contribution is 2.51. The average molecular weight is 441 g/mol. The number of amides is 1. The Morgan fingerprint density at radius 2 is 2.10 bits per heavy atom. The number of aliphatic hydroxyl groups excluding tert-OH is 2. The van der Waals surface area contributed by atoms with Crippen molar-refractivity contribution in [3.63, 3.8) is 0 Å². The molecule has 1 amide bonds. The normalized spacial score (nSPS) is 25.2. The smallest absolute Gasteiger partial charge is 0.354 e. The van der Waals surface area contributed by atoms with Crippen molar-refractivity contribution in [2.75, 3.05) is 18.0 Å². The molecule has 0 aliphatic carbocycles. The molecule has 0 spiro atoms. The Balaban J connectivity index is 1.56. The molecule has 162 valence electrons. The number of ether oxygens (including phenoxy) is 1. The lowest BCUT2D eigenvalue weighted by Crippen LogP contribution is -2.63. The maximum atomic E-state index is 12.7. The summed E-state index contributed by atoms with van der Waals surface area (Å²) < 4.78 is 7.13. The van der Waals surface area contributed by atoms with Gasteiger partial charge in [0.2, 0.25) is 5.91 Å². The largest absolute Gasteiger partial charge is 0.464 e. The molecule has 7 nitrogen and oxygen atoms in total. The molecular weight excluding hydrogens is 416 g/mol. The molecule has 3 heterocycles. The quantitative estimate of drug-likeness (QED) is 0.419. The Hall–Kier alpha value is -2.55. The van der Waals surface area contributed by atoms with Gasteiger partial charge in [-0.05, 0) is 53.6 Å². The number of hydrogen-bond donors (Lipinski definition) is 2. The van der Waals surface area contributed by atoms with E-state index in [0.29, 0.717) is 12.2 Å². The second-order valence-corrected chi connectivity index (χ2v) is 9.44. The Morgan fingerprint density at radius 1 is 1.32 bits per heavy atom. The second-order valence-electron chi connectivity index (χ2n) is 8.37. The number of fused-ring (bicyclic) bond motifs is 1. The van der Waals surface area contributed by atoms with E-state index in [1.807, 2.05) is 31.2 Å². The molecule has 2 N–H and O–H groups in total. The molecule has 2 aromatic rings. The summed E-state index contributed by atoms with van der Waals surface area (Å²) in [5.41, 5.74) is 2.94. The van der Waals surface area contributed by atoms with Crippen LogP contribution in [0.25, 0.3) is 10.8 Å². The number of benzene rings is 2. The minimum Gasteiger partial charge on any atom is -0.464 e. The van der Waals surface area contributed by atoms with Gasteiger partial charge >= 0.3 is 5.97 Å². The summed E-state index contributed by atoms with van der Waals surface area (Å²) in [7, 11) is 1.32. The van der Waals surface area contributed by atoms with E-state index in [4.69, 9.17) is 4.74 Å². The van der Waals surface area contributed by atoms with Crippen molar-refractivity contribution >= 4 is 40.3 Å². The molecule has 5 rings (SSSR count). The SMILES string of the molecule is COC(=O)C1=C(CN2Sc3cccc4cc(CO)cc2c34)[C@H](C)C2[C@@H](C(C)O)C(=O)N12. The van der Waals surface area contributed by atoms with Crippen molar-refractivity contribution in [2.45, 2.75) is 37.5 Å². The van der Waals surface area contributed by atoms with Gasteiger partial charge in [0.05, 0.1) is 44.0 Å². The van der Waals surface area contributed by atoms with Crippen molar-refractivity contribution < 1.29 is 24.5 Å². The number of anilines is 1. The number of esters is 1. The van der Waals surface area contributed by atoms with Crippen LogP contribution in [0.5, 0.6) is 0 Å². The summed E-state index contributed by atoms with van der Waals surface area (Å²) in [6.07, 6.45) is -0.777. The molecule has 31 heavy (non-hydrogen) atoms. The zero-order valence-corrected chi connectivity index (χ0v) is 18.3. The number of carbonyl (C=O) groups is 2. The topological polar surface area (TPSA) is 90.3 Å². The number of methoxy groups -OCH3 is 1. The van der Waals surface area contributed by atoms with Gasteiger partial charge in [-0.1, -0.05) is 19.1 Å². The van der Waals surface area contributed by atoms with Crippen LogP contribution in [0.3, 0.4) is 0 Å². The molecule has 2 unspecified atom stereocenters. The molecule has 1 saturated heterocycles. The van der Waals surface area contributed by atoms with Gasteiger partial charge in [-0.3, -0.25) is 4.79 Å².